The van der Waals surface area contributed by atoms with Gasteiger partial charge in [0.05, 0.1) is 18.4 Å². The Bertz CT molecular complexity index is 582. The predicted molar refractivity (Wildman–Crippen MR) is 86.3 cm³/mol. The second-order valence-electron chi connectivity index (χ2n) is 5.72. The summed E-state index contributed by atoms with van der Waals surface area (Å²) in [7, 11) is 1.61. The highest BCUT2D eigenvalue weighted by Gasteiger charge is 2.25. The number of carbonyl (C=O) groups is 2. The minimum Gasteiger partial charge on any atom is -0.334 e. The van der Waals surface area contributed by atoms with E-state index < -0.39 is 12.5 Å². The summed E-state index contributed by atoms with van der Waals surface area (Å²) in [4.78, 5) is 30.3. The number of halogens is 2. The standard InChI is InChI=1S/C15H21F2N5O2/c1-10(23)21(2)14-4-3-11(7-18-14)19-15(24)20-12-5-6-22(8-12)9-13(16)17/h3-4,7,12-13H,5-6,8-9H2,1-2H3,(H2,19,20,24). The van der Waals surface area contributed by atoms with Gasteiger partial charge < -0.3 is 15.5 Å². The van der Waals surface area contributed by atoms with Crippen LogP contribution < -0.4 is 15.5 Å². The molecule has 0 aromatic carbocycles. The van der Waals surface area contributed by atoms with Crippen molar-refractivity contribution in [2.24, 2.45) is 0 Å². The van der Waals surface area contributed by atoms with Gasteiger partial charge in [-0.15, -0.1) is 0 Å². The zero-order valence-electron chi connectivity index (χ0n) is 13.6. The van der Waals surface area contributed by atoms with E-state index in [9.17, 15) is 18.4 Å². The zero-order valence-corrected chi connectivity index (χ0v) is 13.6. The molecule has 2 heterocycles. The van der Waals surface area contributed by atoms with Crippen molar-refractivity contribution in [1.29, 1.82) is 0 Å². The highest BCUT2D eigenvalue weighted by molar-refractivity contribution is 5.91. The van der Waals surface area contributed by atoms with Crippen LogP contribution in [0.4, 0.5) is 25.1 Å². The molecule has 3 amide bonds. The first-order valence-corrected chi connectivity index (χ1v) is 7.63. The summed E-state index contributed by atoms with van der Waals surface area (Å²) in [5.74, 6) is 0.336. The molecule has 132 valence electrons. The lowest BCUT2D eigenvalue weighted by Gasteiger charge is -2.17. The number of urea groups is 1. The normalized spacial score (nSPS) is 17.8. The molecule has 1 atom stereocenters. The fourth-order valence-electron chi connectivity index (χ4n) is 2.48. The number of carbonyl (C=O) groups excluding carboxylic acids is 2. The molecule has 0 spiro atoms. The maximum atomic E-state index is 12.3. The monoisotopic (exact) mass is 341 g/mol. The van der Waals surface area contributed by atoms with Gasteiger partial charge in [0.25, 0.3) is 6.43 Å². The smallest absolute Gasteiger partial charge is 0.319 e. The average Bonchev–Trinajstić information content (AvgIpc) is 2.93. The molecular weight excluding hydrogens is 320 g/mol. The molecule has 1 aliphatic heterocycles. The molecule has 2 N–H and O–H groups in total. The molecule has 1 fully saturated rings. The van der Waals surface area contributed by atoms with E-state index in [1.54, 1.807) is 24.1 Å². The maximum Gasteiger partial charge on any atom is 0.319 e. The van der Waals surface area contributed by atoms with E-state index in [1.807, 2.05) is 0 Å². The Morgan fingerprint density at radius 1 is 1.46 bits per heavy atom. The first-order valence-electron chi connectivity index (χ1n) is 7.63. The Morgan fingerprint density at radius 2 is 2.21 bits per heavy atom. The van der Waals surface area contributed by atoms with Crippen LogP contribution in [0, 0.1) is 0 Å². The SMILES string of the molecule is CC(=O)N(C)c1ccc(NC(=O)NC2CCN(CC(F)F)C2)cn1. The summed E-state index contributed by atoms with van der Waals surface area (Å²) in [6.07, 6.45) is -0.275. The van der Waals surface area contributed by atoms with Crippen molar-refractivity contribution in [3.63, 3.8) is 0 Å². The number of aromatic nitrogens is 1. The lowest BCUT2D eigenvalue weighted by Crippen LogP contribution is -2.40. The molecular formula is C15H21F2N5O2. The summed E-state index contributed by atoms with van der Waals surface area (Å²) >= 11 is 0. The van der Waals surface area contributed by atoms with Gasteiger partial charge in [-0.1, -0.05) is 0 Å². The van der Waals surface area contributed by atoms with Gasteiger partial charge in [-0.05, 0) is 18.6 Å². The van der Waals surface area contributed by atoms with Gasteiger partial charge in [0.2, 0.25) is 5.91 Å². The molecule has 0 aliphatic carbocycles. The van der Waals surface area contributed by atoms with Crippen molar-refractivity contribution in [2.45, 2.75) is 25.8 Å². The third-order valence-corrected chi connectivity index (χ3v) is 3.83. The zero-order chi connectivity index (χ0) is 17.7. The van der Waals surface area contributed by atoms with Crippen LogP contribution in [0.3, 0.4) is 0 Å². The summed E-state index contributed by atoms with van der Waals surface area (Å²) in [6.45, 7) is 2.12. The summed E-state index contributed by atoms with van der Waals surface area (Å²) in [6, 6.07) is 2.70. The number of nitrogens with zero attached hydrogens (tertiary/aromatic N) is 3. The van der Waals surface area contributed by atoms with Crippen molar-refractivity contribution < 1.29 is 18.4 Å². The number of likely N-dealkylation sites (tertiary alicyclic amines) is 1. The number of nitrogens with one attached hydrogen (secondary N) is 2. The molecule has 1 aromatic rings. The third-order valence-electron chi connectivity index (χ3n) is 3.83. The molecule has 1 aliphatic rings. The Kier molecular flexibility index (Phi) is 6.02. The third kappa shape index (κ3) is 5.12. The van der Waals surface area contributed by atoms with Gasteiger partial charge in [-0.25, -0.2) is 18.6 Å². The van der Waals surface area contributed by atoms with E-state index in [0.717, 1.165) is 0 Å². The molecule has 9 heteroatoms. The highest BCUT2D eigenvalue weighted by Crippen LogP contribution is 2.14. The maximum absolute atomic E-state index is 12.3. The minimum absolute atomic E-state index is 0.143. The van der Waals surface area contributed by atoms with Crippen LogP contribution in [0.5, 0.6) is 0 Å². The fraction of sp³-hybridized carbons (Fsp3) is 0.533. The Hall–Kier alpha value is -2.29. The van der Waals surface area contributed by atoms with Gasteiger partial charge in [-0.3, -0.25) is 9.69 Å². The minimum atomic E-state index is -2.37. The van der Waals surface area contributed by atoms with Crippen molar-refractivity contribution in [3.8, 4) is 0 Å². The number of rotatable bonds is 5. The van der Waals surface area contributed by atoms with Gasteiger partial charge in [0, 0.05) is 33.1 Å². The van der Waals surface area contributed by atoms with Gasteiger partial charge in [0.1, 0.15) is 5.82 Å². The first kappa shape index (κ1) is 18.1. The Labute approximate surface area is 139 Å². The molecule has 7 nitrogen and oxygen atoms in total. The average molecular weight is 341 g/mol. The lowest BCUT2D eigenvalue weighted by molar-refractivity contribution is -0.116. The summed E-state index contributed by atoms with van der Waals surface area (Å²) in [5.41, 5.74) is 0.482. The quantitative estimate of drug-likeness (QED) is 0.851. The van der Waals surface area contributed by atoms with E-state index in [2.05, 4.69) is 15.6 Å². The summed E-state index contributed by atoms with van der Waals surface area (Å²) in [5, 5.41) is 5.39. The fourth-order valence-corrected chi connectivity index (χ4v) is 2.48. The number of pyridine rings is 1. The van der Waals surface area contributed by atoms with E-state index >= 15 is 0 Å². The number of alkyl halides is 2. The second-order valence-corrected chi connectivity index (χ2v) is 5.72. The van der Waals surface area contributed by atoms with Gasteiger partial charge in [-0.2, -0.15) is 0 Å². The molecule has 24 heavy (non-hydrogen) atoms. The van der Waals surface area contributed by atoms with Gasteiger partial charge in [0.15, 0.2) is 0 Å². The Balaban J connectivity index is 1.81. The first-order chi connectivity index (χ1) is 11.3. The van der Waals surface area contributed by atoms with Gasteiger partial charge >= 0.3 is 6.03 Å². The lowest BCUT2D eigenvalue weighted by atomic mass is 10.3. The van der Waals surface area contributed by atoms with Crippen molar-refractivity contribution in [1.82, 2.24) is 15.2 Å². The van der Waals surface area contributed by atoms with E-state index in [4.69, 9.17) is 0 Å². The van der Waals surface area contributed by atoms with Crippen molar-refractivity contribution >= 4 is 23.4 Å². The second kappa shape index (κ2) is 8.00. The van der Waals surface area contributed by atoms with Crippen LogP contribution in [0.2, 0.25) is 0 Å². The van der Waals surface area contributed by atoms with Crippen molar-refractivity contribution in [2.75, 3.05) is 36.9 Å². The van der Waals surface area contributed by atoms with Crippen LogP contribution in [-0.4, -0.2) is 61.0 Å². The number of anilines is 2. The van der Waals surface area contributed by atoms with Crippen LogP contribution in [0.25, 0.3) is 0 Å². The summed E-state index contributed by atoms with van der Waals surface area (Å²) < 4.78 is 24.7. The molecule has 0 bridgehead atoms. The molecule has 1 saturated heterocycles. The highest BCUT2D eigenvalue weighted by atomic mass is 19.3. The van der Waals surface area contributed by atoms with Crippen LogP contribution >= 0.6 is 0 Å². The van der Waals surface area contributed by atoms with Crippen molar-refractivity contribution in [3.05, 3.63) is 18.3 Å². The molecule has 0 radical (unpaired) electrons. The molecule has 0 saturated carbocycles. The van der Waals surface area contributed by atoms with E-state index in [-0.39, 0.29) is 18.5 Å². The molecule has 2 rings (SSSR count). The number of amides is 3. The predicted octanol–water partition coefficient (Wildman–Crippen LogP) is 1.53. The van der Waals surface area contributed by atoms with E-state index in [0.29, 0.717) is 31.0 Å². The van der Waals surface area contributed by atoms with Crippen LogP contribution in [-0.2, 0) is 4.79 Å². The number of hydrogen-bond acceptors (Lipinski definition) is 4. The topological polar surface area (TPSA) is 77.6 Å². The largest absolute Gasteiger partial charge is 0.334 e. The van der Waals surface area contributed by atoms with Crippen LogP contribution in [0.15, 0.2) is 18.3 Å². The Morgan fingerprint density at radius 3 is 2.79 bits per heavy atom. The van der Waals surface area contributed by atoms with E-state index in [1.165, 1.54) is 18.0 Å². The molecule has 1 unspecified atom stereocenters. The molecule has 1 aromatic heterocycles. The number of hydrogen-bond donors (Lipinski definition) is 2. The van der Waals surface area contributed by atoms with Crippen LogP contribution in [0.1, 0.15) is 13.3 Å².